The van der Waals surface area contributed by atoms with Gasteiger partial charge in [0.1, 0.15) is 11.6 Å². The molecule has 2 atom stereocenters. The fourth-order valence-corrected chi connectivity index (χ4v) is 3.57. The summed E-state index contributed by atoms with van der Waals surface area (Å²) in [5.74, 6) is 2.72. The van der Waals surface area contributed by atoms with Crippen LogP contribution in [-0.2, 0) is 0 Å². The highest BCUT2D eigenvalue weighted by Crippen LogP contribution is 2.51. The number of hydrogen-bond donors (Lipinski definition) is 0. The Kier molecular flexibility index (Phi) is 3.27. The zero-order chi connectivity index (χ0) is 12.5. The number of halogens is 1. The van der Waals surface area contributed by atoms with Crippen molar-refractivity contribution in [1.82, 2.24) is 0 Å². The van der Waals surface area contributed by atoms with E-state index in [9.17, 15) is 4.39 Å². The summed E-state index contributed by atoms with van der Waals surface area (Å²) in [5, 5.41) is 0. The van der Waals surface area contributed by atoms with Crippen LogP contribution in [0.15, 0.2) is 18.2 Å². The monoisotopic (exact) mass is 248 g/mol. The van der Waals surface area contributed by atoms with E-state index < -0.39 is 0 Å². The van der Waals surface area contributed by atoms with Gasteiger partial charge in [0.05, 0.1) is 7.11 Å². The molecule has 2 aliphatic carbocycles. The lowest BCUT2D eigenvalue weighted by atomic mass is 9.73. The molecule has 2 heteroatoms. The van der Waals surface area contributed by atoms with Crippen molar-refractivity contribution in [3.63, 3.8) is 0 Å². The van der Waals surface area contributed by atoms with Crippen LogP contribution >= 0.6 is 0 Å². The van der Waals surface area contributed by atoms with Crippen LogP contribution in [-0.4, -0.2) is 7.11 Å². The van der Waals surface area contributed by atoms with E-state index in [0.717, 1.165) is 23.7 Å². The van der Waals surface area contributed by atoms with E-state index in [1.165, 1.54) is 32.1 Å². The minimum Gasteiger partial charge on any atom is -0.497 e. The van der Waals surface area contributed by atoms with Crippen molar-refractivity contribution in [1.29, 1.82) is 0 Å². The molecule has 0 saturated heterocycles. The lowest BCUT2D eigenvalue weighted by molar-refractivity contribution is 0.269. The summed E-state index contributed by atoms with van der Waals surface area (Å²) in [6.45, 7) is 0. The van der Waals surface area contributed by atoms with Gasteiger partial charge in [0, 0.05) is 0 Å². The van der Waals surface area contributed by atoms with Crippen LogP contribution in [0.2, 0.25) is 0 Å². The number of benzene rings is 1. The summed E-state index contributed by atoms with van der Waals surface area (Å²) >= 11 is 0. The van der Waals surface area contributed by atoms with Gasteiger partial charge in [-0.25, -0.2) is 4.39 Å². The predicted molar refractivity (Wildman–Crippen MR) is 70.4 cm³/mol. The predicted octanol–water partition coefficient (Wildman–Crippen LogP) is 4.52. The van der Waals surface area contributed by atoms with E-state index in [1.54, 1.807) is 19.2 Å². The first kappa shape index (κ1) is 12.0. The van der Waals surface area contributed by atoms with Crippen molar-refractivity contribution >= 4 is 0 Å². The van der Waals surface area contributed by atoms with Gasteiger partial charge in [0.25, 0.3) is 0 Å². The van der Waals surface area contributed by atoms with E-state index in [2.05, 4.69) is 0 Å². The third-order valence-electron chi connectivity index (χ3n) is 4.65. The van der Waals surface area contributed by atoms with Crippen molar-refractivity contribution in [2.24, 2.45) is 11.8 Å². The largest absolute Gasteiger partial charge is 0.497 e. The summed E-state index contributed by atoms with van der Waals surface area (Å²) in [6.07, 6.45) is 7.70. The highest BCUT2D eigenvalue weighted by atomic mass is 19.1. The Morgan fingerprint density at radius 2 is 1.89 bits per heavy atom. The van der Waals surface area contributed by atoms with Gasteiger partial charge in [-0.15, -0.1) is 0 Å². The summed E-state index contributed by atoms with van der Waals surface area (Å²) in [7, 11) is 1.65. The standard InChI is InChI=1S/C16H21FO/c1-18-12-8-9-16(17)15(10-12)14-5-3-2-4-13(14)11-6-7-11/h8-11,13-14H,2-7H2,1H3/t13?,14-/m1/s1. The van der Waals surface area contributed by atoms with E-state index in [1.807, 2.05) is 6.07 Å². The minimum atomic E-state index is -0.0478. The molecule has 0 radical (unpaired) electrons. The SMILES string of the molecule is COc1ccc(F)c([C@@H]2CCCCC2C2CC2)c1. The van der Waals surface area contributed by atoms with Gasteiger partial charge in [-0.3, -0.25) is 0 Å². The second-order valence-corrected chi connectivity index (χ2v) is 5.78. The molecule has 0 spiro atoms. The molecule has 2 aliphatic rings. The molecule has 18 heavy (non-hydrogen) atoms. The molecular formula is C16H21FO. The lowest BCUT2D eigenvalue weighted by Gasteiger charge is -2.32. The Labute approximate surface area is 108 Å². The van der Waals surface area contributed by atoms with E-state index >= 15 is 0 Å². The smallest absolute Gasteiger partial charge is 0.126 e. The molecule has 2 saturated carbocycles. The molecule has 0 amide bonds. The molecule has 2 fully saturated rings. The Hall–Kier alpha value is -1.05. The van der Waals surface area contributed by atoms with Gasteiger partial charge in [-0.05, 0) is 67.2 Å². The number of ether oxygens (including phenoxy) is 1. The number of hydrogen-bond acceptors (Lipinski definition) is 1. The van der Waals surface area contributed by atoms with Crippen LogP contribution in [0.1, 0.15) is 50.0 Å². The molecule has 0 heterocycles. The third-order valence-corrected chi connectivity index (χ3v) is 4.65. The van der Waals surface area contributed by atoms with E-state index in [4.69, 9.17) is 4.74 Å². The summed E-state index contributed by atoms with van der Waals surface area (Å²) in [6, 6.07) is 5.20. The van der Waals surface area contributed by atoms with Gasteiger partial charge in [0.2, 0.25) is 0 Å². The fraction of sp³-hybridized carbons (Fsp3) is 0.625. The van der Waals surface area contributed by atoms with Crippen LogP contribution in [0.4, 0.5) is 4.39 Å². The molecule has 0 N–H and O–H groups in total. The zero-order valence-electron chi connectivity index (χ0n) is 11.0. The van der Waals surface area contributed by atoms with Crippen molar-refractivity contribution in [3.05, 3.63) is 29.6 Å². The first-order valence-corrected chi connectivity index (χ1v) is 7.13. The van der Waals surface area contributed by atoms with Crippen LogP contribution in [0, 0.1) is 17.7 Å². The zero-order valence-corrected chi connectivity index (χ0v) is 11.0. The van der Waals surface area contributed by atoms with Crippen molar-refractivity contribution in [3.8, 4) is 5.75 Å². The van der Waals surface area contributed by atoms with Crippen molar-refractivity contribution < 1.29 is 9.13 Å². The van der Waals surface area contributed by atoms with E-state index in [-0.39, 0.29) is 5.82 Å². The molecule has 3 rings (SSSR count). The molecule has 1 unspecified atom stereocenters. The first-order valence-electron chi connectivity index (χ1n) is 7.13. The normalized spacial score (nSPS) is 28.1. The molecule has 0 bridgehead atoms. The molecular weight excluding hydrogens is 227 g/mol. The van der Waals surface area contributed by atoms with Crippen LogP contribution in [0.5, 0.6) is 5.75 Å². The Morgan fingerprint density at radius 1 is 1.11 bits per heavy atom. The quantitative estimate of drug-likeness (QED) is 0.764. The van der Waals surface area contributed by atoms with E-state index in [0.29, 0.717) is 11.8 Å². The number of rotatable bonds is 3. The maximum atomic E-state index is 14.1. The highest BCUT2D eigenvalue weighted by Gasteiger charge is 2.39. The van der Waals surface area contributed by atoms with Crippen molar-refractivity contribution in [2.75, 3.05) is 7.11 Å². The van der Waals surface area contributed by atoms with Gasteiger partial charge in [-0.2, -0.15) is 0 Å². The minimum absolute atomic E-state index is 0.0478. The summed E-state index contributed by atoms with van der Waals surface area (Å²) < 4.78 is 19.3. The summed E-state index contributed by atoms with van der Waals surface area (Å²) in [4.78, 5) is 0. The molecule has 1 nitrogen and oxygen atoms in total. The van der Waals surface area contributed by atoms with Gasteiger partial charge in [-0.1, -0.05) is 12.8 Å². The van der Waals surface area contributed by atoms with Gasteiger partial charge >= 0.3 is 0 Å². The maximum absolute atomic E-state index is 14.1. The Morgan fingerprint density at radius 3 is 2.61 bits per heavy atom. The maximum Gasteiger partial charge on any atom is 0.126 e. The molecule has 1 aromatic carbocycles. The Bertz CT molecular complexity index is 425. The van der Waals surface area contributed by atoms with Crippen LogP contribution in [0.25, 0.3) is 0 Å². The van der Waals surface area contributed by atoms with Gasteiger partial charge < -0.3 is 4.74 Å². The average Bonchev–Trinajstić information content (AvgIpc) is 3.24. The topological polar surface area (TPSA) is 9.23 Å². The molecule has 0 aliphatic heterocycles. The highest BCUT2D eigenvalue weighted by molar-refractivity contribution is 5.33. The lowest BCUT2D eigenvalue weighted by Crippen LogP contribution is -2.20. The fourth-order valence-electron chi connectivity index (χ4n) is 3.57. The van der Waals surface area contributed by atoms with Crippen LogP contribution < -0.4 is 4.74 Å². The second-order valence-electron chi connectivity index (χ2n) is 5.78. The van der Waals surface area contributed by atoms with Crippen molar-refractivity contribution in [2.45, 2.75) is 44.4 Å². The Balaban J connectivity index is 1.90. The van der Waals surface area contributed by atoms with Crippen LogP contribution in [0.3, 0.4) is 0 Å². The molecule has 98 valence electrons. The third kappa shape index (κ3) is 2.25. The number of methoxy groups -OCH3 is 1. The average molecular weight is 248 g/mol. The molecule has 1 aromatic rings. The second kappa shape index (κ2) is 4.91. The molecule has 0 aromatic heterocycles. The van der Waals surface area contributed by atoms with Gasteiger partial charge in [0.15, 0.2) is 0 Å². The summed E-state index contributed by atoms with van der Waals surface area (Å²) in [5.41, 5.74) is 0.894. The first-order chi connectivity index (χ1) is 8.79.